The van der Waals surface area contributed by atoms with Crippen LogP contribution in [0.15, 0.2) is 24.3 Å². The van der Waals surface area contributed by atoms with Crippen molar-refractivity contribution >= 4 is 38.5 Å². The Morgan fingerprint density at radius 3 is 3.00 bits per heavy atom. The molecule has 5 rings (SSSR count). The molecule has 2 aromatic heterocycles. The van der Waals surface area contributed by atoms with Crippen LogP contribution in [-0.2, 0) is 22.6 Å². The topological polar surface area (TPSA) is 82.2 Å². The number of carbonyl (C=O) groups excluding carboxylic acids is 2. The Kier molecular flexibility index (Phi) is 3.75. The van der Waals surface area contributed by atoms with Gasteiger partial charge >= 0.3 is 0 Å². The zero-order valence-electron chi connectivity index (χ0n) is 14.9. The van der Waals surface area contributed by atoms with Gasteiger partial charge in [-0.05, 0) is 19.1 Å². The lowest BCUT2D eigenvalue weighted by Gasteiger charge is -2.28. The number of hydrogen-bond donors (Lipinski definition) is 1. The van der Waals surface area contributed by atoms with E-state index < -0.39 is 0 Å². The number of para-hydroxylation sites is 1. The van der Waals surface area contributed by atoms with Crippen molar-refractivity contribution in [3.05, 3.63) is 41.5 Å². The second-order valence-corrected chi connectivity index (χ2v) is 8.14. The number of H-pyrrole nitrogens is 1. The Morgan fingerprint density at radius 1 is 1.30 bits per heavy atom. The van der Waals surface area contributed by atoms with Gasteiger partial charge in [-0.1, -0.05) is 23.5 Å². The second kappa shape index (κ2) is 6.16. The number of fused-ring (bicyclic) bond motifs is 2. The number of nitrogens with one attached hydrogen (secondary N) is 1. The summed E-state index contributed by atoms with van der Waals surface area (Å²) in [5, 5.41) is 0.682. The quantitative estimate of drug-likeness (QED) is 0.738. The Morgan fingerprint density at radius 2 is 2.15 bits per heavy atom. The summed E-state index contributed by atoms with van der Waals surface area (Å²) in [6.07, 6.45) is 1.01. The highest BCUT2D eigenvalue weighted by Gasteiger charge is 2.39. The van der Waals surface area contributed by atoms with Crippen molar-refractivity contribution in [2.24, 2.45) is 5.92 Å². The van der Waals surface area contributed by atoms with Crippen LogP contribution >= 0.6 is 11.3 Å². The maximum atomic E-state index is 13.0. The van der Waals surface area contributed by atoms with Gasteiger partial charge in [-0.2, -0.15) is 0 Å². The first-order valence-electron chi connectivity index (χ1n) is 9.07. The summed E-state index contributed by atoms with van der Waals surface area (Å²) in [7, 11) is 0. The Bertz CT molecular complexity index is 1020. The van der Waals surface area contributed by atoms with E-state index in [0.29, 0.717) is 24.8 Å². The lowest BCUT2D eigenvalue weighted by atomic mass is 10.0. The number of benzene rings is 1. The van der Waals surface area contributed by atoms with Crippen molar-refractivity contribution in [1.82, 2.24) is 19.9 Å². The Labute approximate surface area is 160 Å². The highest BCUT2D eigenvalue weighted by Crippen LogP contribution is 2.33. The monoisotopic (exact) mass is 381 g/mol. The third kappa shape index (κ3) is 2.80. The number of anilines is 1. The Balaban J connectivity index is 1.33. The molecular weight excluding hydrogens is 362 g/mol. The number of hydrogen-bond acceptors (Lipinski definition) is 5. The molecule has 0 bridgehead atoms. The largest absolute Gasteiger partial charge is 0.344 e. The molecule has 1 fully saturated rings. The van der Waals surface area contributed by atoms with Gasteiger partial charge in [0.15, 0.2) is 5.13 Å². The maximum Gasteiger partial charge on any atom is 0.229 e. The van der Waals surface area contributed by atoms with Crippen LogP contribution in [0.3, 0.4) is 0 Å². The van der Waals surface area contributed by atoms with Crippen molar-refractivity contribution < 1.29 is 9.59 Å². The van der Waals surface area contributed by atoms with Gasteiger partial charge in [0.1, 0.15) is 5.82 Å². The summed E-state index contributed by atoms with van der Waals surface area (Å²) in [4.78, 5) is 41.4. The van der Waals surface area contributed by atoms with Crippen molar-refractivity contribution in [3.63, 3.8) is 0 Å². The Hall–Kier alpha value is -2.74. The first-order chi connectivity index (χ1) is 13.1. The molecule has 1 unspecified atom stereocenters. The van der Waals surface area contributed by atoms with E-state index in [1.54, 1.807) is 4.90 Å². The molecule has 0 spiro atoms. The molecule has 1 atom stereocenters. The molecule has 0 radical (unpaired) electrons. The number of rotatable bonds is 2. The van der Waals surface area contributed by atoms with Gasteiger partial charge in [-0.3, -0.25) is 14.5 Å². The summed E-state index contributed by atoms with van der Waals surface area (Å²) in [6.45, 7) is 3.53. The fourth-order valence-corrected chi connectivity index (χ4v) is 4.91. The van der Waals surface area contributed by atoms with Crippen molar-refractivity contribution in [2.45, 2.75) is 26.3 Å². The predicted octanol–water partition coefficient (Wildman–Crippen LogP) is 2.27. The summed E-state index contributed by atoms with van der Waals surface area (Å²) >= 11 is 1.50. The van der Waals surface area contributed by atoms with E-state index in [0.717, 1.165) is 33.8 Å². The lowest BCUT2D eigenvalue weighted by Crippen LogP contribution is -2.40. The first kappa shape index (κ1) is 16.4. The maximum absolute atomic E-state index is 13.0. The predicted molar refractivity (Wildman–Crippen MR) is 103 cm³/mol. The average molecular weight is 381 g/mol. The van der Waals surface area contributed by atoms with Gasteiger partial charge in [0.25, 0.3) is 0 Å². The van der Waals surface area contributed by atoms with E-state index in [9.17, 15) is 9.59 Å². The summed E-state index contributed by atoms with van der Waals surface area (Å²) in [5.41, 5.74) is 2.95. The highest BCUT2D eigenvalue weighted by atomic mass is 32.1. The number of amides is 2. The molecule has 1 N–H and O–H groups in total. The molecule has 2 amide bonds. The minimum absolute atomic E-state index is 0.0255. The van der Waals surface area contributed by atoms with Crippen LogP contribution < -0.4 is 4.90 Å². The van der Waals surface area contributed by atoms with Crippen molar-refractivity contribution in [3.8, 4) is 0 Å². The van der Waals surface area contributed by atoms with E-state index >= 15 is 0 Å². The molecule has 1 saturated heterocycles. The van der Waals surface area contributed by atoms with E-state index in [-0.39, 0.29) is 24.2 Å². The molecule has 3 aromatic rings. The van der Waals surface area contributed by atoms with Crippen molar-refractivity contribution in [1.29, 1.82) is 0 Å². The molecule has 138 valence electrons. The molecule has 4 heterocycles. The van der Waals surface area contributed by atoms with Gasteiger partial charge in [0, 0.05) is 25.9 Å². The molecule has 1 aromatic carbocycles. The van der Waals surface area contributed by atoms with Crippen LogP contribution in [0.4, 0.5) is 5.13 Å². The molecule has 0 aliphatic carbocycles. The first-order valence-corrected chi connectivity index (χ1v) is 9.89. The number of imidazole rings is 1. The summed E-state index contributed by atoms with van der Waals surface area (Å²) in [5.74, 6) is 0.592. The number of aromatic nitrogens is 3. The number of nitrogens with zero attached hydrogens (tertiary/aromatic N) is 4. The number of carbonyl (C=O) groups is 2. The number of aromatic amines is 1. The van der Waals surface area contributed by atoms with Crippen LogP contribution in [0, 0.1) is 12.8 Å². The van der Waals surface area contributed by atoms with E-state index in [1.807, 2.05) is 36.1 Å². The molecule has 0 saturated carbocycles. The minimum Gasteiger partial charge on any atom is -0.344 e. The standard InChI is InChI=1S/C19H19N5O2S/c1-11-20-13-6-7-23(10-15(13)21-11)18(26)12-8-17(25)24(9-12)19-22-14-4-2-3-5-16(14)27-19/h2-5,12H,6-10H2,1H3,(H,20,21). The average Bonchev–Trinajstić information content (AvgIpc) is 3.35. The normalized spacial score (nSPS) is 19.7. The van der Waals surface area contributed by atoms with Gasteiger partial charge in [-0.15, -0.1) is 0 Å². The summed E-state index contributed by atoms with van der Waals surface area (Å²) in [6, 6.07) is 7.84. The SMILES string of the molecule is Cc1nc2c([nH]1)CN(C(=O)C1CC(=O)N(c3nc4ccccc4s3)C1)CC2. The third-order valence-electron chi connectivity index (χ3n) is 5.25. The molecular formula is C19H19N5O2S. The zero-order valence-corrected chi connectivity index (χ0v) is 15.8. The third-order valence-corrected chi connectivity index (χ3v) is 6.31. The fourth-order valence-electron chi connectivity index (χ4n) is 3.92. The number of thiazole rings is 1. The lowest BCUT2D eigenvalue weighted by molar-refractivity contribution is -0.136. The van der Waals surface area contributed by atoms with Crippen LogP contribution in [0.2, 0.25) is 0 Å². The van der Waals surface area contributed by atoms with Gasteiger partial charge in [0.2, 0.25) is 11.8 Å². The van der Waals surface area contributed by atoms with Crippen LogP contribution in [-0.4, -0.2) is 44.8 Å². The van der Waals surface area contributed by atoms with E-state index in [1.165, 1.54) is 11.3 Å². The van der Waals surface area contributed by atoms with Crippen LogP contribution in [0.5, 0.6) is 0 Å². The number of aryl methyl sites for hydroxylation is 1. The molecule has 2 aliphatic heterocycles. The van der Waals surface area contributed by atoms with E-state index in [4.69, 9.17) is 0 Å². The van der Waals surface area contributed by atoms with Gasteiger partial charge < -0.3 is 9.88 Å². The van der Waals surface area contributed by atoms with Crippen LogP contribution in [0.25, 0.3) is 10.2 Å². The fraction of sp³-hybridized carbons (Fsp3) is 0.368. The van der Waals surface area contributed by atoms with Gasteiger partial charge in [-0.25, -0.2) is 9.97 Å². The van der Waals surface area contributed by atoms with Gasteiger partial charge in [0.05, 0.1) is 34.1 Å². The molecule has 2 aliphatic rings. The zero-order chi connectivity index (χ0) is 18.5. The minimum atomic E-state index is -0.310. The van der Waals surface area contributed by atoms with Crippen LogP contribution in [0.1, 0.15) is 23.6 Å². The molecule has 27 heavy (non-hydrogen) atoms. The molecule has 7 nitrogen and oxygen atoms in total. The highest BCUT2D eigenvalue weighted by molar-refractivity contribution is 7.22. The summed E-state index contributed by atoms with van der Waals surface area (Å²) < 4.78 is 1.05. The van der Waals surface area contributed by atoms with E-state index in [2.05, 4.69) is 15.0 Å². The molecule has 8 heteroatoms. The smallest absolute Gasteiger partial charge is 0.229 e. The van der Waals surface area contributed by atoms with Crippen molar-refractivity contribution in [2.75, 3.05) is 18.0 Å². The second-order valence-electron chi connectivity index (χ2n) is 7.13.